The maximum absolute atomic E-state index is 11.5. The van der Waals surface area contributed by atoms with E-state index in [1.54, 1.807) is 29.8 Å². The number of aromatic nitrogens is 2. The van der Waals surface area contributed by atoms with Crippen LogP contribution in [0.15, 0.2) is 30.6 Å². The van der Waals surface area contributed by atoms with Gasteiger partial charge in [0.05, 0.1) is 5.39 Å². The Labute approximate surface area is 143 Å². The third-order valence-electron chi connectivity index (χ3n) is 4.29. The molecule has 4 N–H and O–H groups in total. The molecular formula is C17H17N5OS. The summed E-state index contributed by atoms with van der Waals surface area (Å²) in [5, 5.41) is 4.50. The zero-order valence-corrected chi connectivity index (χ0v) is 13.8. The summed E-state index contributed by atoms with van der Waals surface area (Å²) in [6.45, 7) is 0. The summed E-state index contributed by atoms with van der Waals surface area (Å²) in [6, 6.07) is 7.15. The predicted octanol–water partition coefficient (Wildman–Crippen LogP) is 2.92. The van der Waals surface area contributed by atoms with Crippen LogP contribution < -0.4 is 16.6 Å². The molecule has 0 spiro atoms. The lowest BCUT2D eigenvalue weighted by Crippen LogP contribution is -2.29. The molecule has 2 aromatic heterocycles. The lowest BCUT2D eigenvalue weighted by Gasteiger charge is -2.12. The third-order valence-corrected chi connectivity index (χ3v) is 5.49. The Kier molecular flexibility index (Phi) is 3.87. The molecule has 6 nitrogen and oxygen atoms in total. The molecule has 24 heavy (non-hydrogen) atoms. The molecule has 0 aliphatic heterocycles. The highest BCUT2D eigenvalue weighted by Gasteiger charge is 2.19. The van der Waals surface area contributed by atoms with Gasteiger partial charge in [-0.1, -0.05) is 0 Å². The summed E-state index contributed by atoms with van der Waals surface area (Å²) in [7, 11) is 0. The topological polar surface area (TPSA) is 92.9 Å². The molecule has 0 unspecified atom stereocenters. The smallest absolute Gasteiger partial charge is 0.265 e. The number of hydrogen-bond acceptors (Lipinski definition) is 6. The summed E-state index contributed by atoms with van der Waals surface area (Å²) in [5.74, 6) is 5.67. The zero-order valence-electron chi connectivity index (χ0n) is 13.0. The van der Waals surface area contributed by atoms with Crippen LogP contribution >= 0.6 is 11.3 Å². The minimum absolute atomic E-state index is 0.308. The normalized spacial score (nSPS) is 13.5. The maximum Gasteiger partial charge on any atom is 0.265 e. The number of nitrogen functional groups attached to an aromatic ring is 1. The van der Waals surface area contributed by atoms with Crippen LogP contribution in [0.25, 0.3) is 10.2 Å². The summed E-state index contributed by atoms with van der Waals surface area (Å²) in [6.07, 6.45) is 6.30. The predicted molar refractivity (Wildman–Crippen MR) is 95.4 cm³/mol. The van der Waals surface area contributed by atoms with Crippen molar-refractivity contribution in [2.24, 2.45) is 5.84 Å². The Morgan fingerprint density at radius 2 is 1.92 bits per heavy atom. The molecular weight excluding hydrogens is 322 g/mol. The van der Waals surface area contributed by atoms with E-state index in [1.807, 2.05) is 12.1 Å². The van der Waals surface area contributed by atoms with Crippen molar-refractivity contribution in [2.45, 2.75) is 25.7 Å². The monoisotopic (exact) mass is 339 g/mol. The van der Waals surface area contributed by atoms with Crippen molar-refractivity contribution < 1.29 is 4.79 Å². The fourth-order valence-electron chi connectivity index (χ4n) is 3.11. The minimum Gasteiger partial charge on any atom is -0.340 e. The van der Waals surface area contributed by atoms with Crippen LogP contribution in [0.5, 0.6) is 0 Å². The van der Waals surface area contributed by atoms with Crippen molar-refractivity contribution in [3.8, 4) is 0 Å². The average molecular weight is 339 g/mol. The molecule has 0 fully saturated rings. The minimum atomic E-state index is -0.308. The van der Waals surface area contributed by atoms with Gasteiger partial charge in [-0.05, 0) is 55.5 Å². The first-order chi connectivity index (χ1) is 11.8. The largest absolute Gasteiger partial charge is 0.340 e. The molecule has 0 bridgehead atoms. The number of carbonyl (C=O) groups excluding carboxylic acids is 1. The fourth-order valence-corrected chi connectivity index (χ4v) is 4.34. The van der Waals surface area contributed by atoms with Gasteiger partial charge in [0.1, 0.15) is 17.0 Å². The Balaban J connectivity index is 1.69. The SMILES string of the molecule is NNC(=O)c1ccc(Nc2ncnc3sc4c(c23)CCCC4)cc1. The Hall–Kier alpha value is -2.51. The van der Waals surface area contributed by atoms with Crippen molar-refractivity contribution >= 4 is 39.0 Å². The lowest BCUT2D eigenvalue weighted by molar-refractivity contribution is 0.0953. The van der Waals surface area contributed by atoms with E-state index in [0.29, 0.717) is 5.56 Å². The molecule has 0 saturated heterocycles. The van der Waals surface area contributed by atoms with E-state index in [-0.39, 0.29) is 5.91 Å². The van der Waals surface area contributed by atoms with E-state index in [9.17, 15) is 4.79 Å². The first kappa shape index (κ1) is 15.0. The second-order valence-electron chi connectivity index (χ2n) is 5.79. The van der Waals surface area contributed by atoms with Gasteiger partial charge in [0, 0.05) is 16.1 Å². The Morgan fingerprint density at radius 3 is 2.71 bits per heavy atom. The summed E-state index contributed by atoms with van der Waals surface area (Å²) >= 11 is 1.78. The van der Waals surface area contributed by atoms with Crippen LogP contribution in [0, 0.1) is 0 Å². The molecule has 1 aromatic carbocycles. The van der Waals surface area contributed by atoms with Crippen molar-refractivity contribution in [3.63, 3.8) is 0 Å². The van der Waals surface area contributed by atoms with Gasteiger partial charge >= 0.3 is 0 Å². The summed E-state index contributed by atoms with van der Waals surface area (Å²) in [5.41, 5.74) is 4.91. The van der Waals surface area contributed by atoms with E-state index in [4.69, 9.17) is 5.84 Å². The van der Waals surface area contributed by atoms with Gasteiger partial charge < -0.3 is 5.32 Å². The van der Waals surface area contributed by atoms with Crippen molar-refractivity contribution in [1.82, 2.24) is 15.4 Å². The second-order valence-corrected chi connectivity index (χ2v) is 6.87. The number of hydrazine groups is 1. The lowest BCUT2D eigenvalue weighted by atomic mass is 9.97. The Morgan fingerprint density at radius 1 is 1.12 bits per heavy atom. The number of thiophene rings is 1. The molecule has 4 rings (SSSR count). The number of nitrogens with zero attached hydrogens (tertiary/aromatic N) is 2. The number of aryl methyl sites for hydroxylation is 2. The van der Waals surface area contributed by atoms with Crippen LogP contribution in [0.3, 0.4) is 0 Å². The van der Waals surface area contributed by atoms with Gasteiger partial charge in [0.25, 0.3) is 5.91 Å². The summed E-state index contributed by atoms with van der Waals surface area (Å²) < 4.78 is 0. The molecule has 1 aliphatic carbocycles. The van der Waals surface area contributed by atoms with Gasteiger partial charge in [-0.3, -0.25) is 10.2 Å². The molecule has 122 valence electrons. The number of carbonyl (C=O) groups is 1. The van der Waals surface area contributed by atoms with Crippen LogP contribution in [-0.4, -0.2) is 15.9 Å². The van der Waals surface area contributed by atoms with E-state index >= 15 is 0 Å². The number of anilines is 2. The summed E-state index contributed by atoms with van der Waals surface area (Å²) in [4.78, 5) is 22.9. The van der Waals surface area contributed by atoms with E-state index < -0.39 is 0 Å². The molecule has 0 radical (unpaired) electrons. The van der Waals surface area contributed by atoms with E-state index in [2.05, 4.69) is 20.7 Å². The van der Waals surface area contributed by atoms with E-state index in [1.165, 1.54) is 23.3 Å². The third kappa shape index (κ3) is 2.61. The van der Waals surface area contributed by atoms with Crippen molar-refractivity contribution in [1.29, 1.82) is 0 Å². The van der Waals surface area contributed by atoms with Crippen molar-refractivity contribution in [2.75, 3.05) is 5.32 Å². The first-order valence-corrected chi connectivity index (χ1v) is 8.71. The highest BCUT2D eigenvalue weighted by atomic mass is 32.1. The van der Waals surface area contributed by atoms with Crippen LogP contribution in [-0.2, 0) is 12.8 Å². The number of rotatable bonds is 3. The van der Waals surface area contributed by atoms with Gasteiger partial charge in [-0.15, -0.1) is 11.3 Å². The fraction of sp³-hybridized carbons (Fsp3) is 0.235. The number of hydrogen-bond donors (Lipinski definition) is 3. The highest BCUT2D eigenvalue weighted by molar-refractivity contribution is 7.19. The van der Waals surface area contributed by atoms with Crippen LogP contribution in [0.1, 0.15) is 33.6 Å². The van der Waals surface area contributed by atoms with E-state index in [0.717, 1.165) is 34.6 Å². The average Bonchev–Trinajstić information content (AvgIpc) is 3.01. The standard InChI is InChI=1S/C17H17N5OS/c18-22-16(23)10-5-7-11(8-6-10)21-15-14-12-3-1-2-4-13(12)24-17(14)20-9-19-15/h5-9H,1-4,18H2,(H,22,23)(H,19,20,21). The number of amides is 1. The number of nitrogens with two attached hydrogens (primary N) is 1. The molecule has 7 heteroatoms. The molecule has 2 heterocycles. The first-order valence-electron chi connectivity index (χ1n) is 7.89. The second kappa shape index (κ2) is 6.18. The Bertz CT molecular complexity index is 903. The molecule has 1 aliphatic rings. The number of fused-ring (bicyclic) bond motifs is 3. The molecule has 0 atom stereocenters. The van der Waals surface area contributed by atoms with Crippen LogP contribution in [0.4, 0.5) is 11.5 Å². The van der Waals surface area contributed by atoms with Crippen molar-refractivity contribution in [3.05, 3.63) is 46.6 Å². The van der Waals surface area contributed by atoms with Gasteiger partial charge in [-0.2, -0.15) is 0 Å². The molecule has 1 amide bonds. The van der Waals surface area contributed by atoms with Gasteiger partial charge in [-0.25, -0.2) is 15.8 Å². The van der Waals surface area contributed by atoms with Crippen LogP contribution in [0.2, 0.25) is 0 Å². The zero-order chi connectivity index (χ0) is 16.5. The molecule has 0 saturated carbocycles. The number of benzene rings is 1. The quantitative estimate of drug-likeness (QED) is 0.387. The molecule has 3 aromatic rings. The van der Waals surface area contributed by atoms with Gasteiger partial charge in [0.15, 0.2) is 0 Å². The van der Waals surface area contributed by atoms with Gasteiger partial charge in [0.2, 0.25) is 0 Å². The number of nitrogens with one attached hydrogen (secondary N) is 2. The maximum atomic E-state index is 11.5. The highest BCUT2D eigenvalue weighted by Crippen LogP contribution is 2.38.